The molecule has 0 spiro atoms. The number of hydroxylamine groups is 1. The van der Waals surface area contributed by atoms with Gasteiger partial charge in [0.05, 0.1) is 11.5 Å². The summed E-state index contributed by atoms with van der Waals surface area (Å²) in [4.78, 5) is 12.3. The first kappa shape index (κ1) is 24.8. The highest BCUT2D eigenvalue weighted by molar-refractivity contribution is 7.93. The highest BCUT2D eigenvalue weighted by Crippen LogP contribution is 2.36. The first-order valence-corrected chi connectivity index (χ1v) is 12.2. The van der Waals surface area contributed by atoms with Crippen LogP contribution in [0.15, 0.2) is 65.6 Å². The Labute approximate surface area is 194 Å². The minimum absolute atomic E-state index is 0.0288. The second kappa shape index (κ2) is 10.8. The summed E-state index contributed by atoms with van der Waals surface area (Å²) in [5.74, 6) is 0.791. The molecule has 1 heterocycles. The summed E-state index contributed by atoms with van der Waals surface area (Å²) in [5.41, 5.74) is 2.63. The van der Waals surface area contributed by atoms with Crippen LogP contribution in [0.2, 0.25) is 0 Å². The van der Waals surface area contributed by atoms with Crippen LogP contribution in [0.3, 0.4) is 0 Å². The van der Waals surface area contributed by atoms with E-state index >= 15 is 0 Å². The Bertz CT molecular complexity index is 1060. The maximum atomic E-state index is 13.3. The molecule has 0 atom stereocenters. The number of benzene rings is 2. The number of amides is 1. The monoisotopic (exact) mass is 475 g/mol. The molecule has 0 aliphatic carbocycles. The Balaban J connectivity index is 1.67. The van der Waals surface area contributed by atoms with Gasteiger partial charge in [-0.1, -0.05) is 5.57 Å². The smallest absolute Gasteiger partial charge is 0.265 e. The minimum atomic E-state index is -4.08. The highest BCUT2D eigenvalue weighted by Gasteiger charge is 2.52. The van der Waals surface area contributed by atoms with E-state index in [1.165, 1.54) is 29.7 Å². The zero-order chi connectivity index (χ0) is 23.9. The summed E-state index contributed by atoms with van der Waals surface area (Å²) < 4.78 is 41.5. The van der Waals surface area contributed by atoms with E-state index in [1.807, 2.05) is 6.92 Å². The lowest BCUT2D eigenvalue weighted by Crippen LogP contribution is -2.54. The lowest BCUT2D eigenvalue weighted by molar-refractivity contribution is -0.134. The Morgan fingerprint density at radius 1 is 1.06 bits per heavy atom. The van der Waals surface area contributed by atoms with E-state index in [1.54, 1.807) is 24.3 Å². The third kappa shape index (κ3) is 5.73. The number of carbonyl (C=O) groups is 1. The number of carbonyl (C=O) groups excluding carboxylic acids is 1. The van der Waals surface area contributed by atoms with Crippen molar-refractivity contribution in [2.75, 3.05) is 19.8 Å². The van der Waals surface area contributed by atoms with Gasteiger partial charge in [0.25, 0.3) is 5.91 Å². The molecule has 9 heteroatoms. The fraction of sp³-hybridized carbons (Fsp3) is 0.375. The van der Waals surface area contributed by atoms with Gasteiger partial charge in [0.15, 0.2) is 14.6 Å². The van der Waals surface area contributed by atoms with Crippen LogP contribution in [0.4, 0.5) is 0 Å². The van der Waals surface area contributed by atoms with Crippen LogP contribution >= 0.6 is 0 Å². The molecule has 8 nitrogen and oxygen atoms in total. The second-order valence-corrected chi connectivity index (χ2v) is 10.3. The van der Waals surface area contributed by atoms with Gasteiger partial charge in [-0.25, -0.2) is 13.9 Å². The van der Waals surface area contributed by atoms with Crippen molar-refractivity contribution in [2.45, 2.75) is 42.2 Å². The first-order chi connectivity index (χ1) is 15.8. The summed E-state index contributed by atoms with van der Waals surface area (Å²) in [5, 5.41) is 9.14. The molecule has 2 aromatic carbocycles. The van der Waals surface area contributed by atoms with Crippen molar-refractivity contribution in [3.05, 3.63) is 60.7 Å². The van der Waals surface area contributed by atoms with Gasteiger partial charge in [-0.15, -0.1) is 6.58 Å². The van der Waals surface area contributed by atoms with E-state index in [0.29, 0.717) is 18.1 Å². The zero-order valence-corrected chi connectivity index (χ0v) is 19.4. The van der Waals surface area contributed by atoms with Crippen molar-refractivity contribution in [1.29, 1.82) is 0 Å². The second-order valence-electron chi connectivity index (χ2n) is 8.01. The van der Waals surface area contributed by atoms with Crippen molar-refractivity contribution in [1.82, 2.24) is 5.48 Å². The van der Waals surface area contributed by atoms with E-state index < -0.39 is 20.5 Å². The molecule has 1 amide bonds. The zero-order valence-electron chi connectivity index (χ0n) is 18.6. The molecule has 1 saturated heterocycles. The van der Waals surface area contributed by atoms with E-state index in [4.69, 9.17) is 19.4 Å². The Morgan fingerprint density at radius 3 is 2.15 bits per heavy atom. The third-order valence-electron chi connectivity index (χ3n) is 5.54. The van der Waals surface area contributed by atoms with Crippen LogP contribution in [-0.4, -0.2) is 44.1 Å². The van der Waals surface area contributed by atoms with Crippen LogP contribution in [-0.2, 0) is 19.4 Å². The fourth-order valence-corrected chi connectivity index (χ4v) is 5.58. The molecule has 3 rings (SSSR count). The molecule has 33 heavy (non-hydrogen) atoms. The van der Waals surface area contributed by atoms with Crippen molar-refractivity contribution in [3.8, 4) is 17.2 Å². The van der Waals surface area contributed by atoms with Gasteiger partial charge in [0.2, 0.25) is 0 Å². The van der Waals surface area contributed by atoms with Crippen molar-refractivity contribution in [2.24, 2.45) is 0 Å². The van der Waals surface area contributed by atoms with E-state index in [2.05, 4.69) is 6.58 Å². The molecule has 1 aliphatic rings. The number of ether oxygens (including phenoxy) is 3. The van der Waals surface area contributed by atoms with Gasteiger partial charge in [-0.05, 0) is 81.1 Å². The van der Waals surface area contributed by atoms with Gasteiger partial charge in [-0.2, -0.15) is 0 Å². The Hall–Kier alpha value is -2.88. The molecule has 1 fully saturated rings. The quantitative estimate of drug-likeness (QED) is 0.231. The van der Waals surface area contributed by atoms with Crippen LogP contribution < -0.4 is 15.0 Å². The van der Waals surface area contributed by atoms with Gasteiger partial charge in [0, 0.05) is 13.2 Å². The number of hydrogen-bond donors (Lipinski definition) is 2. The number of hydrogen-bond acceptors (Lipinski definition) is 7. The largest absolute Gasteiger partial charge is 0.494 e. The molecule has 1 aliphatic heterocycles. The normalized spacial score (nSPS) is 15.5. The van der Waals surface area contributed by atoms with Crippen LogP contribution in [0.25, 0.3) is 0 Å². The topological polar surface area (TPSA) is 111 Å². The molecular formula is C24H29NO7S. The third-order valence-corrected chi connectivity index (χ3v) is 8.06. The maximum Gasteiger partial charge on any atom is 0.265 e. The fourth-order valence-electron chi connectivity index (χ4n) is 3.64. The van der Waals surface area contributed by atoms with Crippen molar-refractivity contribution in [3.63, 3.8) is 0 Å². The van der Waals surface area contributed by atoms with Gasteiger partial charge in [-0.3, -0.25) is 10.0 Å². The predicted octanol–water partition coefficient (Wildman–Crippen LogP) is 4.04. The highest BCUT2D eigenvalue weighted by atomic mass is 32.2. The lowest BCUT2D eigenvalue weighted by Gasteiger charge is -2.34. The number of sulfone groups is 1. The Kier molecular flexibility index (Phi) is 8.12. The van der Waals surface area contributed by atoms with Gasteiger partial charge >= 0.3 is 0 Å². The molecule has 0 radical (unpaired) electrons. The average molecular weight is 476 g/mol. The van der Waals surface area contributed by atoms with Crippen LogP contribution in [0, 0.1) is 0 Å². The molecule has 0 saturated carbocycles. The maximum absolute atomic E-state index is 13.3. The summed E-state index contributed by atoms with van der Waals surface area (Å²) in [6.07, 6.45) is 1.74. The van der Waals surface area contributed by atoms with Crippen LogP contribution in [0.5, 0.6) is 17.2 Å². The summed E-state index contributed by atoms with van der Waals surface area (Å²) in [6.45, 7) is 6.69. The van der Waals surface area contributed by atoms with Crippen molar-refractivity contribution < 1.29 is 32.6 Å². The molecule has 2 N–H and O–H groups in total. The minimum Gasteiger partial charge on any atom is -0.494 e. The Morgan fingerprint density at radius 2 is 1.61 bits per heavy atom. The summed E-state index contributed by atoms with van der Waals surface area (Å²) in [7, 11) is -4.08. The van der Waals surface area contributed by atoms with E-state index in [0.717, 1.165) is 24.2 Å². The molecule has 0 bridgehead atoms. The average Bonchev–Trinajstić information content (AvgIpc) is 2.83. The van der Waals surface area contributed by atoms with Crippen molar-refractivity contribution >= 4 is 15.7 Å². The van der Waals surface area contributed by atoms with E-state index in [9.17, 15) is 13.2 Å². The number of nitrogens with one attached hydrogen (secondary N) is 1. The molecule has 2 aromatic rings. The van der Waals surface area contributed by atoms with E-state index in [-0.39, 0.29) is 31.0 Å². The summed E-state index contributed by atoms with van der Waals surface area (Å²) in [6, 6.07) is 13.0. The number of allylic oxidation sites excluding steroid dienone is 1. The standard InChI is InChI=1S/C24H29NO7S/c1-18(2)4-3-15-31-19-5-7-20(8-6-19)32-21-9-11-22(12-10-21)33(28,29)24(23(26)25-27)13-16-30-17-14-24/h5-12,27H,1,3-4,13-17H2,2H3,(H,25,26). The predicted molar refractivity (Wildman–Crippen MR) is 122 cm³/mol. The number of rotatable bonds is 10. The molecule has 178 valence electrons. The molecule has 0 aromatic heterocycles. The SMILES string of the molecule is C=C(C)CCCOc1ccc(Oc2ccc(S(=O)(=O)C3(C(=O)NO)CCOCC3)cc2)cc1. The van der Waals surface area contributed by atoms with Gasteiger partial charge < -0.3 is 14.2 Å². The van der Waals surface area contributed by atoms with Gasteiger partial charge in [0.1, 0.15) is 17.2 Å². The lowest BCUT2D eigenvalue weighted by atomic mass is 9.98. The van der Waals surface area contributed by atoms with Crippen LogP contribution in [0.1, 0.15) is 32.6 Å². The first-order valence-electron chi connectivity index (χ1n) is 10.7. The molecule has 0 unspecified atom stereocenters. The summed E-state index contributed by atoms with van der Waals surface area (Å²) >= 11 is 0. The molecular weight excluding hydrogens is 446 g/mol.